The van der Waals surface area contributed by atoms with Crippen molar-refractivity contribution < 1.29 is 14.3 Å². The summed E-state index contributed by atoms with van der Waals surface area (Å²) in [5.74, 6) is 0.738. The number of fused-ring (bicyclic) bond motifs is 1. The third-order valence-corrected chi connectivity index (χ3v) is 7.23. The lowest BCUT2D eigenvalue weighted by atomic mass is 9.93. The fourth-order valence-corrected chi connectivity index (χ4v) is 5.47. The summed E-state index contributed by atoms with van der Waals surface area (Å²) in [6.07, 6.45) is 1.86. The number of aromatic nitrogens is 1. The Morgan fingerprint density at radius 2 is 1.67 bits per heavy atom. The van der Waals surface area contributed by atoms with Gasteiger partial charge in [0.25, 0.3) is 5.56 Å². The normalized spacial score (nSPS) is 15.2. The molecule has 3 aromatic carbocycles. The molecule has 0 aliphatic carbocycles. The summed E-state index contributed by atoms with van der Waals surface area (Å²) >= 11 is 1.31. The molecule has 0 radical (unpaired) electrons. The third-order valence-electron chi connectivity index (χ3n) is 6.25. The van der Waals surface area contributed by atoms with Crippen molar-refractivity contribution >= 4 is 29.1 Å². The number of hydrogen-bond acceptors (Lipinski definition) is 6. The minimum Gasteiger partial charge on any atom is -0.493 e. The van der Waals surface area contributed by atoms with E-state index in [4.69, 9.17) is 14.5 Å². The fourth-order valence-electron chi connectivity index (χ4n) is 4.47. The van der Waals surface area contributed by atoms with Crippen LogP contribution in [0.1, 0.15) is 43.5 Å². The van der Waals surface area contributed by atoms with Gasteiger partial charge < -0.3 is 9.47 Å². The first-order chi connectivity index (χ1) is 19.0. The average molecular weight is 539 g/mol. The number of nitrogens with zero attached hydrogens (tertiary/aromatic N) is 2. The molecule has 198 valence electrons. The number of carbonyl (C=O) groups excluding carboxylic acids is 1. The van der Waals surface area contributed by atoms with E-state index in [0.29, 0.717) is 33.1 Å². The van der Waals surface area contributed by atoms with E-state index in [9.17, 15) is 9.59 Å². The number of ether oxygens (including phenoxy) is 2. The molecule has 0 spiro atoms. The van der Waals surface area contributed by atoms with Crippen molar-refractivity contribution in [3.8, 4) is 5.75 Å². The highest BCUT2D eigenvalue weighted by atomic mass is 32.1. The molecule has 39 heavy (non-hydrogen) atoms. The number of hydrogen-bond donors (Lipinski definition) is 0. The quantitative estimate of drug-likeness (QED) is 0.297. The summed E-state index contributed by atoms with van der Waals surface area (Å²) in [4.78, 5) is 32.7. The minimum atomic E-state index is -0.675. The van der Waals surface area contributed by atoms with Gasteiger partial charge in [0.2, 0.25) is 0 Å². The molecule has 1 atom stereocenters. The van der Waals surface area contributed by atoms with E-state index in [1.807, 2.05) is 91.0 Å². The van der Waals surface area contributed by atoms with Crippen LogP contribution in [0.5, 0.6) is 5.75 Å². The highest BCUT2D eigenvalue weighted by Crippen LogP contribution is 2.35. The summed E-state index contributed by atoms with van der Waals surface area (Å²) in [7, 11) is 0. The van der Waals surface area contributed by atoms with Crippen LogP contribution in [-0.2, 0) is 9.53 Å². The van der Waals surface area contributed by atoms with Gasteiger partial charge in [-0.15, -0.1) is 0 Å². The van der Waals surface area contributed by atoms with Crippen LogP contribution < -0.4 is 19.6 Å². The first-order valence-corrected chi connectivity index (χ1v) is 13.8. The van der Waals surface area contributed by atoms with Crippen molar-refractivity contribution in [2.75, 3.05) is 13.2 Å². The first-order valence-electron chi connectivity index (χ1n) is 13.0. The Morgan fingerprint density at radius 1 is 1.00 bits per heavy atom. The predicted octanol–water partition coefficient (Wildman–Crippen LogP) is 4.97. The van der Waals surface area contributed by atoms with Gasteiger partial charge in [-0.05, 0) is 42.2 Å². The number of rotatable bonds is 8. The molecule has 0 saturated heterocycles. The minimum absolute atomic E-state index is 0.207. The van der Waals surface area contributed by atoms with Crippen LogP contribution in [0.3, 0.4) is 0 Å². The highest BCUT2D eigenvalue weighted by molar-refractivity contribution is 7.07. The molecule has 4 aromatic rings. The summed E-state index contributed by atoms with van der Waals surface area (Å²) in [5.41, 5.74) is 3.13. The lowest BCUT2D eigenvalue weighted by molar-refractivity contribution is -0.138. The van der Waals surface area contributed by atoms with Crippen molar-refractivity contribution in [2.45, 2.75) is 26.8 Å². The number of thiazole rings is 1. The Hall–Kier alpha value is -4.23. The summed E-state index contributed by atoms with van der Waals surface area (Å²) in [6.45, 7) is 6.84. The van der Waals surface area contributed by atoms with Gasteiger partial charge in [-0.25, -0.2) is 9.79 Å². The molecule has 2 heterocycles. The van der Waals surface area contributed by atoms with E-state index in [1.165, 1.54) is 11.3 Å². The zero-order valence-electron chi connectivity index (χ0n) is 22.2. The Kier molecular flexibility index (Phi) is 7.89. The van der Waals surface area contributed by atoms with Crippen LogP contribution in [0.25, 0.3) is 11.8 Å². The van der Waals surface area contributed by atoms with Crippen molar-refractivity contribution in [3.63, 3.8) is 0 Å². The Balaban J connectivity index is 1.69. The summed E-state index contributed by atoms with van der Waals surface area (Å²) < 4.78 is 13.4. The van der Waals surface area contributed by atoms with Crippen LogP contribution >= 0.6 is 11.3 Å². The molecule has 7 heteroatoms. The van der Waals surface area contributed by atoms with Crippen molar-refractivity contribution in [1.29, 1.82) is 0 Å². The molecule has 0 unspecified atom stereocenters. The van der Waals surface area contributed by atoms with E-state index < -0.39 is 12.0 Å². The molecule has 0 bridgehead atoms. The van der Waals surface area contributed by atoms with Crippen LogP contribution in [0.15, 0.2) is 100 Å². The lowest BCUT2D eigenvalue weighted by Crippen LogP contribution is -2.39. The molecule has 0 saturated carbocycles. The van der Waals surface area contributed by atoms with Gasteiger partial charge in [-0.3, -0.25) is 9.36 Å². The maximum atomic E-state index is 13.9. The van der Waals surface area contributed by atoms with Gasteiger partial charge in [0.15, 0.2) is 4.80 Å². The maximum absolute atomic E-state index is 13.9. The molecule has 6 nitrogen and oxygen atoms in total. The molecule has 0 amide bonds. The van der Waals surface area contributed by atoms with Crippen LogP contribution in [-0.4, -0.2) is 23.8 Å². The zero-order valence-corrected chi connectivity index (χ0v) is 23.0. The first kappa shape index (κ1) is 26.4. The van der Waals surface area contributed by atoms with Gasteiger partial charge in [0.1, 0.15) is 5.75 Å². The largest absolute Gasteiger partial charge is 0.493 e. The van der Waals surface area contributed by atoms with Crippen LogP contribution in [0.4, 0.5) is 0 Å². The second kappa shape index (κ2) is 11.7. The lowest BCUT2D eigenvalue weighted by Gasteiger charge is -2.25. The smallest absolute Gasteiger partial charge is 0.338 e. The van der Waals surface area contributed by atoms with Gasteiger partial charge in [-0.2, -0.15) is 0 Å². The molecule has 5 rings (SSSR count). The Morgan fingerprint density at radius 3 is 2.31 bits per heavy atom. The molecular weight excluding hydrogens is 508 g/mol. The second-order valence-corrected chi connectivity index (χ2v) is 10.6. The predicted molar refractivity (Wildman–Crippen MR) is 154 cm³/mol. The molecule has 0 fully saturated rings. The van der Waals surface area contributed by atoms with E-state index in [2.05, 4.69) is 13.8 Å². The standard InChI is InChI=1S/C32H30N2O4S/c1-4-37-31(36)27-28(23-11-7-5-8-12-23)33-32-34(29(27)24-13-9-6-10-14-24)30(35)26(39-32)19-22-15-17-25(18-16-22)38-20-21(2)3/h5-19,21,29H,4,20H2,1-3H3/b26-19+/t29-/m1/s1. The monoisotopic (exact) mass is 538 g/mol. The number of benzene rings is 3. The highest BCUT2D eigenvalue weighted by Gasteiger charge is 2.35. The van der Waals surface area contributed by atoms with E-state index in [-0.39, 0.29) is 12.2 Å². The SMILES string of the molecule is CCOC(=O)C1=C(c2ccccc2)N=c2s/c(=C/c3ccc(OCC(C)C)cc3)c(=O)n2[C@@H]1c1ccccc1. The zero-order chi connectivity index (χ0) is 27.4. The van der Waals surface area contributed by atoms with E-state index in [1.54, 1.807) is 11.5 Å². The van der Waals surface area contributed by atoms with Gasteiger partial charge in [0.05, 0.1) is 35.1 Å². The number of esters is 1. The topological polar surface area (TPSA) is 69.9 Å². The molecule has 1 aromatic heterocycles. The van der Waals surface area contributed by atoms with Gasteiger partial charge in [0, 0.05) is 5.56 Å². The van der Waals surface area contributed by atoms with E-state index in [0.717, 1.165) is 22.4 Å². The Bertz CT molecular complexity index is 1670. The van der Waals surface area contributed by atoms with Crippen molar-refractivity contribution in [2.24, 2.45) is 10.9 Å². The molecule has 1 aliphatic rings. The van der Waals surface area contributed by atoms with E-state index >= 15 is 0 Å². The molecular formula is C32H30N2O4S. The fraction of sp³-hybridized carbons (Fsp3) is 0.219. The number of carbonyl (C=O) groups is 1. The maximum Gasteiger partial charge on any atom is 0.338 e. The summed E-state index contributed by atoms with van der Waals surface area (Å²) in [5, 5.41) is 0. The third kappa shape index (κ3) is 5.64. The molecule has 1 aliphatic heterocycles. The van der Waals surface area contributed by atoms with Gasteiger partial charge >= 0.3 is 5.97 Å². The van der Waals surface area contributed by atoms with Crippen molar-refractivity contribution in [3.05, 3.63) is 127 Å². The second-order valence-electron chi connectivity index (χ2n) is 9.62. The van der Waals surface area contributed by atoms with Crippen LogP contribution in [0, 0.1) is 5.92 Å². The van der Waals surface area contributed by atoms with Gasteiger partial charge in [-0.1, -0.05) is 98.0 Å². The Labute approximate surface area is 231 Å². The summed E-state index contributed by atoms with van der Waals surface area (Å²) in [6, 6.07) is 26.1. The molecule has 0 N–H and O–H groups in total. The average Bonchev–Trinajstić information content (AvgIpc) is 3.27. The van der Waals surface area contributed by atoms with Crippen molar-refractivity contribution in [1.82, 2.24) is 4.57 Å². The van der Waals surface area contributed by atoms with Crippen LogP contribution in [0.2, 0.25) is 0 Å².